The summed E-state index contributed by atoms with van der Waals surface area (Å²) >= 11 is 0. The molecule has 0 spiro atoms. The van der Waals surface area contributed by atoms with Gasteiger partial charge in [-0.3, -0.25) is 0 Å². The van der Waals surface area contributed by atoms with Gasteiger partial charge in [0.2, 0.25) is 0 Å². The Labute approximate surface area is 91.1 Å². The zero-order valence-corrected chi connectivity index (χ0v) is 9.29. The molecule has 0 saturated heterocycles. The summed E-state index contributed by atoms with van der Waals surface area (Å²) < 4.78 is 0. The first-order valence-electron chi connectivity index (χ1n) is 5.63. The number of rotatable bonds is 3. The van der Waals surface area contributed by atoms with Crippen LogP contribution in [0, 0.1) is 5.41 Å². The topological polar surface area (TPSA) is 50.9 Å². The molecule has 3 heteroatoms. The summed E-state index contributed by atoms with van der Waals surface area (Å²) in [7, 11) is 0. The third-order valence-corrected chi connectivity index (χ3v) is 3.29. The molecule has 15 heavy (non-hydrogen) atoms. The van der Waals surface area contributed by atoms with E-state index < -0.39 is 0 Å². The van der Waals surface area contributed by atoms with E-state index in [0.29, 0.717) is 5.41 Å². The van der Waals surface area contributed by atoms with Crippen LogP contribution < -0.4 is 11.1 Å². The van der Waals surface area contributed by atoms with Crippen LogP contribution in [-0.4, -0.2) is 11.5 Å². The molecule has 1 aliphatic carbocycles. The van der Waals surface area contributed by atoms with Gasteiger partial charge in [0.25, 0.3) is 0 Å². The van der Waals surface area contributed by atoms with Gasteiger partial charge in [-0.2, -0.15) is 0 Å². The monoisotopic (exact) mass is 205 g/mol. The standard InChI is InChI=1S/C12H19N3/c1-12(5-2-3-6-12)9-15-11-8-10(13)4-7-14-11/h4,7-8H,2-3,5-6,9H2,1H3,(H3,13,14,15). The first-order chi connectivity index (χ1) is 7.18. The molecule has 0 atom stereocenters. The smallest absolute Gasteiger partial charge is 0.127 e. The number of pyridine rings is 1. The fraction of sp³-hybridized carbons (Fsp3) is 0.583. The molecule has 3 N–H and O–H groups in total. The molecule has 3 nitrogen and oxygen atoms in total. The van der Waals surface area contributed by atoms with E-state index in [1.165, 1.54) is 25.7 Å². The number of hydrogen-bond acceptors (Lipinski definition) is 3. The van der Waals surface area contributed by atoms with Crippen LogP contribution in [0.4, 0.5) is 11.5 Å². The lowest BCUT2D eigenvalue weighted by molar-refractivity contribution is 0.361. The van der Waals surface area contributed by atoms with Gasteiger partial charge in [-0.25, -0.2) is 4.98 Å². The minimum absolute atomic E-state index is 0.451. The van der Waals surface area contributed by atoms with Crippen molar-refractivity contribution in [3.05, 3.63) is 18.3 Å². The van der Waals surface area contributed by atoms with Crippen LogP contribution in [-0.2, 0) is 0 Å². The van der Waals surface area contributed by atoms with E-state index in [1.807, 2.05) is 12.1 Å². The molecule has 1 saturated carbocycles. The molecular formula is C12H19N3. The van der Waals surface area contributed by atoms with Crippen molar-refractivity contribution in [1.82, 2.24) is 4.98 Å². The molecule has 0 bridgehead atoms. The van der Waals surface area contributed by atoms with E-state index in [2.05, 4.69) is 17.2 Å². The van der Waals surface area contributed by atoms with Crippen LogP contribution in [0.3, 0.4) is 0 Å². The highest BCUT2D eigenvalue weighted by atomic mass is 15.0. The molecule has 1 aliphatic rings. The Morgan fingerprint density at radius 3 is 2.87 bits per heavy atom. The van der Waals surface area contributed by atoms with Gasteiger partial charge >= 0.3 is 0 Å². The second-order valence-electron chi connectivity index (χ2n) is 4.85. The Bertz CT molecular complexity index is 329. The van der Waals surface area contributed by atoms with E-state index in [9.17, 15) is 0 Å². The van der Waals surface area contributed by atoms with E-state index in [-0.39, 0.29) is 0 Å². The van der Waals surface area contributed by atoms with Crippen LogP contribution in [0.15, 0.2) is 18.3 Å². The third kappa shape index (κ3) is 2.61. The highest BCUT2D eigenvalue weighted by Crippen LogP contribution is 2.37. The number of hydrogen-bond donors (Lipinski definition) is 2. The van der Waals surface area contributed by atoms with Crippen LogP contribution >= 0.6 is 0 Å². The Morgan fingerprint density at radius 2 is 2.20 bits per heavy atom. The van der Waals surface area contributed by atoms with Crippen molar-refractivity contribution in [2.75, 3.05) is 17.6 Å². The molecule has 0 amide bonds. The molecule has 1 fully saturated rings. The lowest BCUT2D eigenvalue weighted by Crippen LogP contribution is -2.23. The number of nitrogens with one attached hydrogen (secondary N) is 1. The lowest BCUT2D eigenvalue weighted by atomic mass is 9.89. The van der Waals surface area contributed by atoms with Crippen molar-refractivity contribution >= 4 is 11.5 Å². The normalized spacial score (nSPS) is 19.0. The number of anilines is 2. The second kappa shape index (κ2) is 4.09. The van der Waals surface area contributed by atoms with Crippen molar-refractivity contribution < 1.29 is 0 Å². The summed E-state index contributed by atoms with van der Waals surface area (Å²) in [6, 6.07) is 3.70. The van der Waals surface area contributed by atoms with E-state index in [0.717, 1.165) is 18.1 Å². The predicted molar refractivity (Wildman–Crippen MR) is 63.7 cm³/mol. The highest BCUT2D eigenvalue weighted by molar-refractivity contribution is 5.48. The fourth-order valence-electron chi connectivity index (χ4n) is 2.25. The summed E-state index contributed by atoms with van der Waals surface area (Å²) in [5, 5.41) is 3.38. The maximum absolute atomic E-state index is 5.70. The molecule has 1 heterocycles. The maximum Gasteiger partial charge on any atom is 0.127 e. The maximum atomic E-state index is 5.70. The summed E-state index contributed by atoms with van der Waals surface area (Å²) in [6.45, 7) is 3.35. The summed E-state index contributed by atoms with van der Waals surface area (Å²) in [4.78, 5) is 4.24. The second-order valence-corrected chi connectivity index (χ2v) is 4.85. The largest absolute Gasteiger partial charge is 0.399 e. The summed E-state index contributed by atoms with van der Waals surface area (Å²) in [5.41, 5.74) is 6.91. The van der Waals surface area contributed by atoms with Crippen molar-refractivity contribution in [2.24, 2.45) is 5.41 Å². The van der Waals surface area contributed by atoms with E-state index in [1.54, 1.807) is 6.20 Å². The van der Waals surface area contributed by atoms with Gasteiger partial charge in [0.15, 0.2) is 0 Å². The molecule has 0 unspecified atom stereocenters. The highest BCUT2D eigenvalue weighted by Gasteiger charge is 2.28. The number of nitrogens with zero attached hydrogens (tertiary/aromatic N) is 1. The van der Waals surface area contributed by atoms with Crippen LogP contribution in [0.25, 0.3) is 0 Å². The van der Waals surface area contributed by atoms with Gasteiger partial charge in [0.1, 0.15) is 5.82 Å². The molecule has 2 rings (SSSR count). The van der Waals surface area contributed by atoms with Gasteiger partial charge in [-0.15, -0.1) is 0 Å². The molecule has 82 valence electrons. The number of nitrogens with two attached hydrogens (primary N) is 1. The molecular weight excluding hydrogens is 186 g/mol. The first-order valence-corrected chi connectivity index (χ1v) is 5.63. The Kier molecular flexibility index (Phi) is 2.80. The average molecular weight is 205 g/mol. The van der Waals surface area contributed by atoms with Crippen LogP contribution in [0.2, 0.25) is 0 Å². The first kappa shape index (κ1) is 10.3. The Balaban J connectivity index is 1.92. The Hall–Kier alpha value is -1.25. The van der Waals surface area contributed by atoms with Gasteiger partial charge in [0, 0.05) is 24.5 Å². The van der Waals surface area contributed by atoms with E-state index in [4.69, 9.17) is 5.73 Å². The van der Waals surface area contributed by atoms with E-state index >= 15 is 0 Å². The molecule has 0 aliphatic heterocycles. The quantitative estimate of drug-likeness (QED) is 0.797. The fourth-order valence-corrected chi connectivity index (χ4v) is 2.25. The SMILES string of the molecule is CC1(CNc2cc(N)ccn2)CCCC1. The van der Waals surface area contributed by atoms with Gasteiger partial charge < -0.3 is 11.1 Å². The zero-order chi connectivity index (χ0) is 10.7. The number of nitrogen functional groups attached to an aromatic ring is 1. The molecule has 1 aromatic heterocycles. The third-order valence-electron chi connectivity index (χ3n) is 3.29. The molecule has 1 aromatic rings. The Morgan fingerprint density at radius 1 is 1.47 bits per heavy atom. The van der Waals surface area contributed by atoms with Gasteiger partial charge in [-0.1, -0.05) is 19.8 Å². The van der Waals surface area contributed by atoms with Crippen LogP contribution in [0.1, 0.15) is 32.6 Å². The average Bonchev–Trinajstić information content (AvgIpc) is 2.63. The minimum atomic E-state index is 0.451. The predicted octanol–water partition coefficient (Wildman–Crippen LogP) is 2.66. The van der Waals surface area contributed by atoms with Gasteiger partial charge in [-0.05, 0) is 24.3 Å². The van der Waals surface area contributed by atoms with Crippen molar-refractivity contribution in [2.45, 2.75) is 32.6 Å². The summed E-state index contributed by atoms with van der Waals surface area (Å²) in [6.07, 6.45) is 7.12. The summed E-state index contributed by atoms with van der Waals surface area (Å²) in [5.74, 6) is 0.892. The zero-order valence-electron chi connectivity index (χ0n) is 9.29. The molecule has 0 aromatic carbocycles. The van der Waals surface area contributed by atoms with Crippen molar-refractivity contribution in [3.63, 3.8) is 0 Å². The lowest BCUT2D eigenvalue weighted by Gasteiger charge is -2.23. The van der Waals surface area contributed by atoms with Crippen LogP contribution in [0.5, 0.6) is 0 Å². The van der Waals surface area contributed by atoms with Gasteiger partial charge in [0.05, 0.1) is 0 Å². The number of aromatic nitrogens is 1. The molecule has 0 radical (unpaired) electrons. The minimum Gasteiger partial charge on any atom is -0.399 e. The van der Waals surface area contributed by atoms with Crippen molar-refractivity contribution in [3.8, 4) is 0 Å². The van der Waals surface area contributed by atoms with Crippen molar-refractivity contribution in [1.29, 1.82) is 0 Å².